The van der Waals surface area contributed by atoms with Crippen LogP contribution in [0.1, 0.15) is 13.8 Å². The number of aromatic nitrogens is 2. The van der Waals surface area contributed by atoms with Gasteiger partial charge in [-0.2, -0.15) is 0 Å². The molecule has 0 saturated carbocycles. The van der Waals surface area contributed by atoms with Gasteiger partial charge in [0.1, 0.15) is 6.33 Å². The van der Waals surface area contributed by atoms with Crippen LogP contribution in [0.25, 0.3) is 0 Å². The second-order valence-corrected chi connectivity index (χ2v) is 3.73. The smallest absolute Gasteiger partial charge is 0.204 e. The minimum absolute atomic E-state index is 0.663. The molecule has 0 unspecified atom stereocenters. The summed E-state index contributed by atoms with van der Waals surface area (Å²) >= 11 is 0. The first kappa shape index (κ1) is 14.5. The van der Waals surface area contributed by atoms with Gasteiger partial charge in [-0.3, -0.25) is 0 Å². The average molecular weight is 254 g/mol. The van der Waals surface area contributed by atoms with E-state index in [9.17, 15) is 0 Å². The maximum absolute atomic E-state index is 5.39. The summed E-state index contributed by atoms with van der Waals surface area (Å²) in [4.78, 5) is 10.4. The number of hydrogen-bond donors (Lipinski definition) is 1. The van der Waals surface area contributed by atoms with Crippen LogP contribution in [0, 0.1) is 0 Å². The summed E-state index contributed by atoms with van der Waals surface area (Å²) in [5, 5.41) is 3.16. The number of ether oxygens (including phenoxy) is 2. The summed E-state index contributed by atoms with van der Waals surface area (Å²) in [6.45, 7) is 6.92. The van der Waals surface area contributed by atoms with Gasteiger partial charge in [-0.15, -0.1) is 0 Å². The molecule has 102 valence electrons. The van der Waals surface area contributed by atoms with Crippen LogP contribution < -0.4 is 15.0 Å². The third kappa shape index (κ3) is 3.73. The van der Waals surface area contributed by atoms with Gasteiger partial charge < -0.3 is 19.7 Å². The van der Waals surface area contributed by atoms with Crippen LogP contribution in [-0.2, 0) is 4.74 Å². The molecular weight excluding hydrogens is 232 g/mol. The Bertz CT molecular complexity index is 360. The van der Waals surface area contributed by atoms with Crippen molar-refractivity contribution in [3.63, 3.8) is 0 Å². The lowest BCUT2D eigenvalue weighted by Crippen LogP contribution is -2.24. The van der Waals surface area contributed by atoms with Crippen molar-refractivity contribution in [1.29, 1.82) is 0 Å². The number of rotatable bonds is 8. The zero-order valence-electron chi connectivity index (χ0n) is 11.6. The SMILES string of the molecule is CCNc1ncnc(N(C)CCOCC)c1OC. The van der Waals surface area contributed by atoms with Crippen LogP contribution in [0.2, 0.25) is 0 Å². The number of hydrogen-bond acceptors (Lipinski definition) is 6. The molecule has 0 aliphatic heterocycles. The van der Waals surface area contributed by atoms with Gasteiger partial charge in [-0.1, -0.05) is 0 Å². The molecule has 1 aromatic rings. The van der Waals surface area contributed by atoms with Crippen LogP contribution in [-0.4, -0.2) is 50.4 Å². The maximum Gasteiger partial charge on any atom is 0.204 e. The molecule has 0 aliphatic rings. The van der Waals surface area contributed by atoms with Gasteiger partial charge in [0.25, 0.3) is 0 Å². The molecule has 0 fully saturated rings. The molecule has 0 amide bonds. The Kier molecular flexibility index (Phi) is 6.21. The summed E-state index contributed by atoms with van der Waals surface area (Å²) in [6, 6.07) is 0. The minimum Gasteiger partial charge on any atom is -0.490 e. The van der Waals surface area contributed by atoms with Gasteiger partial charge in [-0.25, -0.2) is 9.97 Å². The lowest BCUT2D eigenvalue weighted by Gasteiger charge is -2.21. The fourth-order valence-electron chi connectivity index (χ4n) is 1.57. The molecule has 1 heterocycles. The lowest BCUT2D eigenvalue weighted by molar-refractivity contribution is 0.154. The number of nitrogens with one attached hydrogen (secondary N) is 1. The first-order chi connectivity index (χ1) is 8.74. The highest BCUT2D eigenvalue weighted by Gasteiger charge is 2.14. The van der Waals surface area contributed by atoms with E-state index in [1.54, 1.807) is 7.11 Å². The Balaban J connectivity index is 2.82. The third-order valence-corrected chi connectivity index (χ3v) is 2.47. The zero-order chi connectivity index (χ0) is 13.4. The van der Waals surface area contributed by atoms with Gasteiger partial charge in [0.05, 0.1) is 13.7 Å². The first-order valence-electron chi connectivity index (χ1n) is 6.16. The van der Waals surface area contributed by atoms with Crippen molar-refractivity contribution in [2.75, 3.05) is 50.7 Å². The fraction of sp³-hybridized carbons (Fsp3) is 0.667. The van der Waals surface area contributed by atoms with E-state index in [0.717, 1.165) is 25.5 Å². The molecule has 0 radical (unpaired) electrons. The lowest BCUT2D eigenvalue weighted by atomic mass is 10.4. The van der Waals surface area contributed by atoms with E-state index in [4.69, 9.17) is 9.47 Å². The fourth-order valence-corrected chi connectivity index (χ4v) is 1.57. The summed E-state index contributed by atoms with van der Waals surface area (Å²) < 4.78 is 10.7. The molecule has 0 aliphatic carbocycles. The first-order valence-corrected chi connectivity index (χ1v) is 6.16. The highest BCUT2D eigenvalue weighted by molar-refractivity contribution is 5.64. The van der Waals surface area contributed by atoms with E-state index in [1.807, 2.05) is 25.8 Å². The zero-order valence-corrected chi connectivity index (χ0v) is 11.6. The normalized spacial score (nSPS) is 10.2. The van der Waals surface area contributed by atoms with Gasteiger partial charge in [0.15, 0.2) is 11.6 Å². The highest BCUT2D eigenvalue weighted by Crippen LogP contribution is 2.30. The summed E-state index contributed by atoms with van der Waals surface area (Å²) in [5.41, 5.74) is 0. The molecule has 18 heavy (non-hydrogen) atoms. The Labute approximate surface area is 108 Å². The Morgan fingerprint density at radius 2 is 2.11 bits per heavy atom. The molecule has 0 aromatic carbocycles. The molecular formula is C12H22N4O2. The van der Waals surface area contributed by atoms with Crippen molar-refractivity contribution in [3.05, 3.63) is 6.33 Å². The molecule has 6 heteroatoms. The number of methoxy groups -OCH3 is 1. The van der Waals surface area contributed by atoms with Crippen LogP contribution in [0.15, 0.2) is 6.33 Å². The summed E-state index contributed by atoms with van der Waals surface area (Å²) in [7, 11) is 3.58. The summed E-state index contributed by atoms with van der Waals surface area (Å²) in [6.07, 6.45) is 1.53. The van der Waals surface area contributed by atoms with Crippen molar-refractivity contribution in [1.82, 2.24) is 9.97 Å². The highest BCUT2D eigenvalue weighted by atomic mass is 16.5. The predicted molar refractivity (Wildman–Crippen MR) is 72.5 cm³/mol. The van der Waals surface area contributed by atoms with E-state index in [2.05, 4.69) is 15.3 Å². The van der Waals surface area contributed by atoms with E-state index < -0.39 is 0 Å². The summed E-state index contributed by atoms with van der Waals surface area (Å²) in [5.74, 6) is 2.15. The number of nitrogens with zero attached hydrogens (tertiary/aromatic N) is 3. The van der Waals surface area contributed by atoms with Gasteiger partial charge in [0, 0.05) is 26.7 Å². The van der Waals surface area contributed by atoms with E-state index >= 15 is 0 Å². The van der Waals surface area contributed by atoms with Gasteiger partial charge in [0.2, 0.25) is 5.75 Å². The Hall–Kier alpha value is -1.56. The van der Waals surface area contributed by atoms with E-state index in [1.165, 1.54) is 6.33 Å². The predicted octanol–water partition coefficient (Wildman–Crippen LogP) is 1.39. The Morgan fingerprint density at radius 1 is 1.33 bits per heavy atom. The molecule has 1 aromatic heterocycles. The van der Waals surface area contributed by atoms with Gasteiger partial charge >= 0.3 is 0 Å². The van der Waals surface area contributed by atoms with Crippen LogP contribution in [0.5, 0.6) is 5.75 Å². The molecule has 0 atom stereocenters. The van der Waals surface area contributed by atoms with Crippen molar-refractivity contribution >= 4 is 11.6 Å². The molecule has 1 rings (SSSR count). The van der Waals surface area contributed by atoms with Crippen LogP contribution in [0.3, 0.4) is 0 Å². The van der Waals surface area contributed by atoms with Crippen LogP contribution >= 0.6 is 0 Å². The molecule has 0 saturated heterocycles. The van der Waals surface area contributed by atoms with Gasteiger partial charge in [-0.05, 0) is 13.8 Å². The molecule has 6 nitrogen and oxygen atoms in total. The van der Waals surface area contributed by atoms with E-state index in [0.29, 0.717) is 18.2 Å². The van der Waals surface area contributed by atoms with Crippen LogP contribution in [0.4, 0.5) is 11.6 Å². The molecule has 1 N–H and O–H groups in total. The Morgan fingerprint density at radius 3 is 2.72 bits per heavy atom. The standard InChI is InChI=1S/C12H22N4O2/c1-5-13-11-10(17-4)12(15-9-14-11)16(3)7-8-18-6-2/h9H,5-8H2,1-4H3,(H,13,14,15). The van der Waals surface area contributed by atoms with Crippen molar-refractivity contribution in [3.8, 4) is 5.75 Å². The monoisotopic (exact) mass is 254 g/mol. The maximum atomic E-state index is 5.39. The number of anilines is 2. The largest absolute Gasteiger partial charge is 0.490 e. The third-order valence-electron chi connectivity index (χ3n) is 2.47. The second-order valence-electron chi connectivity index (χ2n) is 3.73. The van der Waals surface area contributed by atoms with E-state index in [-0.39, 0.29) is 0 Å². The van der Waals surface area contributed by atoms with Crippen molar-refractivity contribution in [2.24, 2.45) is 0 Å². The molecule has 0 bridgehead atoms. The quantitative estimate of drug-likeness (QED) is 0.707. The van der Waals surface area contributed by atoms with Crippen molar-refractivity contribution < 1.29 is 9.47 Å². The minimum atomic E-state index is 0.663. The topological polar surface area (TPSA) is 59.5 Å². The second kappa shape index (κ2) is 7.71. The number of likely N-dealkylation sites (N-methyl/N-ethyl adjacent to an activating group) is 1. The van der Waals surface area contributed by atoms with Crippen molar-refractivity contribution in [2.45, 2.75) is 13.8 Å². The average Bonchev–Trinajstić information content (AvgIpc) is 2.39. The molecule has 0 spiro atoms.